The van der Waals surface area contributed by atoms with E-state index in [4.69, 9.17) is 5.11 Å². The van der Waals surface area contributed by atoms with Gasteiger partial charge in [-0.15, -0.1) is 0 Å². The Kier molecular flexibility index (Phi) is 3.03. The fourth-order valence-corrected chi connectivity index (χ4v) is 2.15. The van der Waals surface area contributed by atoms with Gasteiger partial charge in [-0.05, 0) is 25.8 Å². The second kappa shape index (κ2) is 4.28. The molecule has 2 fully saturated rings. The van der Waals surface area contributed by atoms with Crippen molar-refractivity contribution >= 4 is 5.91 Å². The average molecular weight is 198 g/mol. The zero-order valence-corrected chi connectivity index (χ0v) is 8.48. The molecule has 1 atom stereocenters. The predicted octanol–water partition coefficient (Wildman–Crippen LogP) is -0.325. The van der Waals surface area contributed by atoms with Crippen molar-refractivity contribution in [1.29, 1.82) is 0 Å². The summed E-state index contributed by atoms with van der Waals surface area (Å²) in [6.45, 7) is 3.51. The Morgan fingerprint density at radius 1 is 1.29 bits per heavy atom. The van der Waals surface area contributed by atoms with Crippen LogP contribution in [-0.2, 0) is 4.79 Å². The van der Waals surface area contributed by atoms with E-state index in [1.165, 1.54) is 0 Å². The molecule has 0 aromatic carbocycles. The molecule has 2 aliphatic heterocycles. The van der Waals surface area contributed by atoms with Gasteiger partial charge in [0.25, 0.3) is 0 Å². The van der Waals surface area contributed by atoms with Gasteiger partial charge in [-0.1, -0.05) is 0 Å². The van der Waals surface area contributed by atoms with Gasteiger partial charge >= 0.3 is 0 Å². The van der Waals surface area contributed by atoms with E-state index >= 15 is 0 Å². The summed E-state index contributed by atoms with van der Waals surface area (Å²) in [6.07, 6.45) is 3.29. The molecule has 1 amide bonds. The van der Waals surface area contributed by atoms with Crippen molar-refractivity contribution in [2.45, 2.75) is 25.3 Å². The molecular formula is C10H18N2O2. The highest BCUT2D eigenvalue weighted by Gasteiger charge is 2.28. The van der Waals surface area contributed by atoms with Crippen molar-refractivity contribution in [3.8, 4) is 0 Å². The molecule has 0 aliphatic carbocycles. The van der Waals surface area contributed by atoms with E-state index in [1.807, 2.05) is 4.90 Å². The number of amides is 1. The van der Waals surface area contributed by atoms with Crippen LogP contribution in [-0.4, -0.2) is 59.6 Å². The summed E-state index contributed by atoms with van der Waals surface area (Å²) in [5.41, 5.74) is 0. The Morgan fingerprint density at radius 3 is 2.64 bits per heavy atom. The second-order valence-corrected chi connectivity index (χ2v) is 4.18. The number of aliphatic hydroxyl groups excluding tert-OH is 1. The first kappa shape index (κ1) is 9.93. The molecule has 4 nitrogen and oxygen atoms in total. The number of hydrogen-bond donors (Lipinski definition) is 1. The highest BCUT2D eigenvalue weighted by atomic mass is 16.3. The minimum absolute atomic E-state index is 0.188. The zero-order valence-electron chi connectivity index (χ0n) is 8.48. The van der Waals surface area contributed by atoms with Gasteiger partial charge in [0, 0.05) is 19.1 Å². The van der Waals surface area contributed by atoms with E-state index in [-0.39, 0.29) is 18.6 Å². The van der Waals surface area contributed by atoms with Crippen LogP contribution in [0.15, 0.2) is 0 Å². The molecule has 0 aromatic heterocycles. The maximum atomic E-state index is 11.6. The summed E-state index contributed by atoms with van der Waals surface area (Å²) in [4.78, 5) is 15.7. The van der Waals surface area contributed by atoms with Gasteiger partial charge in [-0.25, -0.2) is 0 Å². The Bertz CT molecular complexity index is 216. The summed E-state index contributed by atoms with van der Waals surface area (Å²) < 4.78 is 0. The summed E-state index contributed by atoms with van der Waals surface area (Å²) in [5.74, 6) is 0.233. The highest BCUT2D eigenvalue weighted by molar-refractivity contribution is 5.79. The average Bonchev–Trinajstić information content (AvgIpc) is 2.48. The summed E-state index contributed by atoms with van der Waals surface area (Å²) >= 11 is 0. The lowest BCUT2D eigenvalue weighted by molar-refractivity contribution is -0.136. The molecule has 2 aliphatic rings. The summed E-state index contributed by atoms with van der Waals surface area (Å²) in [6, 6.07) is 0.222. The van der Waals surface area contributed by atoms with E-state index in [0.29, 0.717) is 6.54 Å². The smallest absolute Gasteiger partial charge is 0.236 e. The van der Waals surface area contributed by atoms with Crippen LogP contribution in [0.25, 0.3) is 0 Å². The van der Waals surface area contributed by atoms with E-state index in [1.54, 1.807) is 0 Å². The van der Waals surface area contributed by atoms with Gasteiger partial charge in [-0.3, -0.25) is 9.69 Å². The third kappa shape index (κ3) is 1.91. The Hall–Kier alpha value is -0.610. The molecule has 2 heterocycles. The van der Waals surface area contributed by atoms with Crippen LogP contribution in [0.1, 0.15) is 19.3 Å². The third-order valence-corrected chi connectivity index (χ3v) is 3.26. The molecule has 2 rings (SSSR count). The first-order chi connectivity index (χ1) is 6.81. The van der Waals surface area contributed by atoms with Gasteiger partial charge in [-0.2, -0.15) is 0 Å². The van der Waals surface area contributed by atoms with Crippen LogP contribution in [0.4, 0.5) is 0 Å². The van der Waals surface area contributed by atoms with Crippen LogP contribution >= 0.6 is 0 Å². The monoisotopic (exact) mass is 198 g/mol. The first-order valence-electron chi connectivity index (χ1n) is 5.44. The van der Waals surface area contributed by atoms with E-state index in [2.05, 4.69) is 4.90 Å². The van der Waals surface area contributed by atoms with Crippen LogP contribution < -0.4 is 0 Å². The fraction of sp³-hybridized carbons (Fsp3) is 0.900. The molecule has 14 heavy (non-hydrogen) atoms. The largest absolute Gasteiger partial charge is 0.395 e. The van der Waals surface area contributed by atoms with E-state index in [0.717, 1.165) is 38.9 Å². The van der Waals surface area contributed by atoms with Gasteiger partial charge in [0.2, 0.25) is 5.91 Å². The van der Waals surface area contributed by atoms with Crippen molar-refractivity contribution in [3.63, 3.8) is 0 Å². The Morgan fingerprint density at radius 2 is 2.07 bits per heavy atom. The molecule has 4 heteroatoms. The van der Waals surface area contributed by atoms with Gasteiger partial charge in [0.1, 0.15) is 0 Å². The van der Waals surface area contributed by atoms with E-state index in [9.17, 15) is 4.79 Å². The predicted molar refractivity (Wildman–Crippen MR) is 52.9 cm³/mol. The van der Waals surface area contributed by atoms with Gasteiger partial charge in [0.15, 0.2) is 0 Å². The molecule has 0 saturated carbocycles. The number of likely N-dealkylation sites (tertiary alicyclic amines) is 2. The molecule has 0 aromatic rings. The number of hydrogen-bond acceptors (Lipinski definition) is 3. The third-order valence-electron chi connectivity index (χ3n) is 3.26. The normalized spacial score (nSPS) is 27.8. The van der Waals surface area contributed by atoms with Crippen LogP contribution in [0.2, 0.25) is 0 Å². The van der Waals surface area contributed by atoms with Crippen molar-refractivity contribution < 1.29 is 9.90 Å². The van der Waals surface area contributed by atoms with Crippen molar-refractivity contribution in [2.24, 2.45) is 0 Å². The number of aliphatic hydroxyl groups is 1. The lowest BCUT2D eigenvalue weighted by Crippen LogP contribution is -2.48. The SMILES string of the molecule is O=C(CN1CCC[C@H]1CO)N1CCC1. The first-order valence-corrected chi connectivity index (χ1v) is 5.44. The molecular weight excluding hydrogens is 180 g/mol. The standard InChI is InChI=1S/C10H18N2O2/c13-8-9-3-1-4-12(9)7-10(14)11-5-2-6-11/h9,13H,1-8H2/t9-/m0/s1. The quantitative estimate of drug-likeness (QED) is 0.675. The molecule has 2 saturated heterocycles. The fourth-order valence-electron chi connectivity index (χ4n) is 2.15. The van der Waals surface area contributed by atoms with Gasteiger partial charge in [0.05, 0.1) is 13.2 Å². The molecule has 0 spiro atoms. The Balaban J connectivity index is 1.80. The number of carbonyl (C=O) groups is 1. The Labute approximate surface area is 84.5 Å². The molecule has 0 radical (unpaired) electrons. The van der Waals surface area contributed by atoms with Crippen LogP contribution in [0.3, 0.4) is 0 Å². The lowest BCUT2D eigenvalue weighted by Gasteiger charge is -2.33. The highest BCUT2D eigenvalue weighted by Crippen LogP contribution is 2.17. The van der Waals surface area contributed by atoms with Crippen molar-refractivity contribution in [3.05, 3.63) is 0 Å². The maximum absolute atomic E-state index is 11.6. The lowest BCUT2D eigenvalue weighted by atomic mass is 10.2. The number of carbonyl (C=O) groups excluding carboxylic acids is 1. The zero-order chi connectivity index (χ0) is 9.97. The number of nitrogens with zero attached hydrogens (tertiary/aromatic N) is 2. The minimum atomic E-state index is 0.188. The molecule has 80 valence electrons. The van der Waals surface area contributed by atoms with Crippen molar-refractivity contribution in [2.75, 3.05) is 32.8 Å². The molecule has 1 N–H and O–H groups in total. The number of rotatable bonds is 3. The minimum Gasteiger partial charge on any atom is -0.395 e. The topological polar surface area (TPSA) is 43.8 Å². The molecule has 0 bridgehead atoms. The summed E-state index contributed by atoms with van der Waals surface area (Å²) in [7, 11) is 0. The van der Waals surface area contributed by atoms with Crippen LogP contribution in [0.5, 0.6) is 0 Å². The maximum Gasteiger partial charge on any atom is 0.236 e. The second-order valence-electron chi connectivity index (χ2n) is 4.18. The van der Waals surface area contributed by atoms with Gasteiger partial charge < -0.3 is 10.0 Å². The summed E-state index contributed by atoms with van der Waals surface area (Å²) in [5, 5.41) is 9.09. The van der Waals surface area contributed by atoms with Crippen LogP contribution in [0, 0.1) is 0 Å². The van der Waals surface area contributed by atoms with E-state index < -0.39 is 0 Å². The molecule has 0 unspecified atom stereocenters. The van der Waals surface area contributed by atoms with Crippen molar-refractivity contribution in [1.82, 2.24) is 9.80 Å².